The van der Waals surface area contributed by atoms with Crippen LogP contribution in [0.25, 0.3) is 0 Å². The Morgan fingerprint density at radius 1 is 1.26 bits per heavy atom. The molecule has 2 rings (SSSR count). The fraction of sp³-hybridized carbons (Fsp3) is 0.588. The number of nitrogens with two attached hydrogens (primary N) is 1. The summed E-state index contributed by atoms with van der Waals surface area (Å²) in [5.41, 5.74) is 6.09. The Kier molecular flexibility index (Phi) is 7.16. The Balaban J connectivity index is 0.00000264. The number of nitrogens with one attached hydrogen (secondary N) is 1. The Labute approximate surface area is 144 Å². The zero-order valence-electron chi connectivity index (χ0n) is 14.1. The Bertz CT molecular complexity index is 535. The molecular weight excluding hydrogens is 316 g/mol. The maximum Gasteiger partial charge on any atom is 0.251 e. The highest BCUT2D eigenvalue weighted by atomic mass is 35.5. The van der Waals surface area contributed by atoms with Crippen molar-refractivity contribution in [3.8, 4) is 11.5 Å². The van der Waals surface area contributed by atoms with Crippen LogP contribution in [-0.4, -0.2) is 31.2 Å². The van der Waals surface area contributed by atoms with Gasteiger partial charge in [-0.2, -0.15) is 0 Å². The number of rotatable bonds is 8. The van der Waals surface area contributed by atoms with Crippen molar-refractivity contribution in [2.45, 2.75) is 39.2 Å². The molecule has 0 radical (unpaired) electrons. The molecule has 0 aliphatic heterocycles. The molecule has 1 aliphatic rings. The van der Waals surface area contributed by atoms with E-state index in [0.717, 1.165) is 12.8 Å². The summed E-state index contributed by atoms with van der Waals surface area (Å²) < 4.78 is 11.1. The van der Waals surface area contributed by atoms with Crippen molar-refractivity contribution in [3.63, 3.8) is 0 Å². The molecule has 1 saturated carbocycles. The van der Waals surface area contributed by atoms with Crippen molar-refractivity contribution in [2.24, 2.45) is 11.7 Å². The number of hydrogen-bond acceptors (Lipinski definition) is 4. The molecule has 0 aromatic heterocycles. The topological polar surface area (TPSA) is 73.6 Å². The van der Waals surface area contributed by atoms with Gasteiger partial charge < -0.3 is 20.5 Å². The highest BCUT2D eigenvalue weighted by Crippen LogP contribution is 2.39. The van der Waals surface area contributed by atoms with E-state index < -0.39 is 0 Å². The predicted molar refractivity (Wildman–Crippen MR) is 93.7 cm³/mol. The van der Waals surface area contributed by atoms with E-state index in [2.05, 4.69) is 5.32 Å². The van der Waals surface area contributed by atoms with Crippen molar-refractivity contribution in [3.05, 3.63) is 23.8 Å². The van der Waals surface area contributed by atoms with Gasteiger partial charge in [0.15, 0.2) is 11.5 Å². The second-order valence-electron chi connectivity index (χ2n) is 5.88. The van der Waals surface area contributed by atoms with Crippen LogP contribution in [0.3, 0.4) is 0 Å². The zero-order chi connectivity index (χ0) is 16.2. The van der Waals surface area contributed by atoms with Crippen molar-refractivity contribution in [1.82, 2.24) is 5.32 Å². The molecule has 0 bridgehead atoms. The van der Waals surface area contributed by atoms with Gasteiger partial charge in [-0.25, -0.2) is 0 Å². The number of halogens is 1. The van der Waals surface area contributed by atoms with Gasteiger partial charge in [0.05, 0.1) is 18.8 Å². The number of ether oxygens (including phenoxy) is 2. The van der Waals surface area contributed by atoms with Gasteiger partial charge in [-0.1, -0.05) is 0 Å². The summed E-state index contributed by atoms with van der Waals surface area (Å²) in [5, 5.41) is 3.08. The third-order valence-corrected chi connectivity index (χ3v) is 4.11. The number of hydrogen-bond donors (Lipinski definition) is 2. The van der Waals surface area contributed by atoms with Crippen LogP contribution in [0.15, 0.2) is 18.2 Å². The van der Waals surface area contributed by atoms with Crippen LogP contribution in [0.5, 0.6) is 11.5 Å². The fourth-order valence-electron chi connectivity index (χ4n) is 2.56. The van der Waals surface area contributed by atoms with Crippen LogP contribution in [0.4, 0.5) is 0 Å². The second-order valence-corrected chi connectivity index (χ2v) is 5.88. The lowest BCUT2D eigenvalue weighted by Crippen LogP contribution is -2.53. The van der Waals surface area contributed by atoms with Gasteiger partial charge in [0.25, 0.3) is 5.91 Å². The smallest absolute Gasteiger partial charge is 0.251 e. The molecule has 0 spiro atoms. The lowest BCUT2D eigenvalue weighted by molar-refractivity contribution is 0.0897. The summed E-state index contributed by atoms with van der Waals surface area (Å²) in [6.45, 7) is 7.35. The average molecular weight is 343 g/mol. The maximum absolute atomic E-state index is 12.5. The van der Waals surface area contributed by atoms with Gasteiger partial charge >= 0.3 is 0 Å². The molecule has 0 saturated heterocycles. The van der Waals surface area contributed by atoms with Crippen LogP contribution in [-0.2, 0) is 0 Å². The van der Waals surface area contributed by atoms with E-state index in [9.17, 15) is 4.79 Å². The highest BCUT2D eigenvalue weighted by Gasteiger charge is 2.41. The molecule has 0 heterocycles. The minimum atomic E-state index is -0.332. The molecule has 1 aromatic carbocycles. The van der Waals surface area contributed by atoms with Gasteiger partial charge in [0.1, 0.15) is 0 Å². The first-order valence-corrected chi connectivity index (χ1v) is 7.96. The molecule has 1 unspecified atom stereocenters. The summed E-state index contributed by atoms with van der Waals surface area (Å²) in [6.07, 6.45) is 2.25. The molecule has 1 atom stereocenters. The number of carbonyl (C=O) groups excluding carboxylic acids is 1. The highest BCUT2D eigenvalue weighted by molar-refractivity contribution is 5.95. The summed E-state index contributed by atoms with van der Waals surface area (Å²) in [5.74, 6) is 1.61. The Morgan fingerprint density at radius 3 is 2.39 bits per heavy atom. The predicted octanol–water partition coefficient (Wildman–Crippen LogP) is 2.76. The van der Waals surface area contributed by atoms with E-state index in [-0.39, 0.29) is 23.9 Å². The van der Waals surface area contributed by atoms with Crippen LogP contribution in [0, 0.1) is 5.92 Å². The van der Waals surface area contributed by atoms with Crippen molar-refractivity contribution in [1.29, 1.82) is 0 Å². The van der Waals surface area contributed by atoms with E-state index in [0.29, 0.717) is 42.7 Å². The van der Waals surface area contributed by atoms with E-state index >= 15 is 0 Å². The fourth-order valence-corrected chi connectivity index (χ4v) is 2.56. The number of benzene rings is 1. The number of carbonyl (C=O) groups is 1. The second kappa shape index (κ2) is 8.41. The normalized spacial score (nSPS) is 16.0. The van der Waals surface area contributed by atoms with Crippen molar-refractivity contribution < 1.29 is 14.3 Å². The Hall–Kier alpha value is -1.46. The molecule has 130 valence electrons. The lowest BCUT2D eigenvalue weighted by atomic mass is 9.95. The van der Waals surface area contributed by atoms with Gasteiger partial charge in [-0.15, -0.1) is 12.4 Å². The summed E-state index contributed by atoms with van der Waals surface area (Å²) in [4.78, 5) is 12.5. The molecular formula is C17H27ClN2O3. The number of amides is 1. The first-order valence-electron chi connectivity index (χ1n) is 7.96. The van der Waals surface area contributed by atoms with Gasteiger partial charge in [0.2, 0.25) is 0 Å². The quantitative estimate of drug-likeness (QED) is 0.761. The summed E-state index contributed by atoms with van der Waals surface area (Å²) >= 11 is 0. The SMILES string of the molecule is CCOc1ccc(C(=O)NC(C)(CN)C2CC2)cc1OCC.Cl. The van der Waals surface area contributed by atoms with Crippen molar-refractivity contribution in [2.75, 3.05) is 19.8 Å². The molecule has 1 aliphatic carbocycles. The average Bonchev–Trinajstić information content (AvgIpc) is 3.34. The molecule has 1 fully saturated rings. The minimum Gasteiger partial charge on any atom is -0.490 e. The minimum absolute atomic E-state index is 0. The van der Waals surface area contributed by atoms with E-state index in [4.69, 9.17) is 15.2 Å². The van der Waals surface area contributed by atoms with Crippen LogP contribution >= 0.6 is 12.4 Å². The molecule has 23 heavy (non-hydrogen) atoms. The summed E-state index contributed by atoms with van der Waals surface area (Å²) in [7, 11) is 0. The van der Waals surface area contributed by atoms with Crippen LogP contribution in [0.1, 0.15) is 44.0 Å². The monoisotopic (exact) mass is 342 g/mol. The first kappa shape index (κ1) is 19.6. The Morgan fingerprint density at radius 2 is 1.87 bits per heavy atom. The van der Waals surface area contributed by atoms with Gasteiger partial charge in [-0.3, -0.25) is 4.79 Å². The third kappa shape index (κ3) is 4.75. The first-order chi connectivity index (χ1) is 10.5. The lowest BCUT2D eigenvalue weighted by Gasteiger charge is -2.29. The van der Waals surface area contributed by atoms with Crippen molar-refractivity contribution >= 4 is 18.3 Å². The van der Waals surface area contributed by atoms with Crippen LogP contribution < -0.4 is 20.5 Å². The molecule has 6 heteroatoms. The molecule has 1 amide bonds. The van der Waals surface area contributed by atoms with E-state index in [1.807, 2.05) is 20.8 Å². The maximum atomic E-state index is 12.5. The summed E-state index contributed by atoms with van der Waals surface area (Å²) in [6, 6.07) is 5.26. The molecule has 5 nitrogen and oxygen atoms in total. The van der Waals surface area contributed by atoms with E-state index in [1.165, 1.54) is 0 Å². The van der Waals surface area contributed by atoms with Gasteiger partial charge in [-0.05, 0) is 57.7 Å². The standard InChI is InChI=1S/C17H26N2O3.ClH/c1-4-21-14-9-6-12(10-15(14)22-5-2)16(20)19-17(3,11-18)13-7-8-13;/h6,9-10,13H,4-5,7-8,11,18H2,1-3H3,(H,19,20);1H. The third-order valence-electron chi connectivity index (χ3n) is 4.11. The van der Waals surface area contributed by atoms with E-state index in [1.54, 1.807) is 18.2 Å². The molecule has 3 N–H and O–H groups in total. The van der Waals surface area contributed by atoms with Crippen LogP contribution in [0.2, 0.25) is 0 Å². The molecule has 1 aromatic rings. The van der Waals surface area contributed by atoms with Gasteiger partial charge in [0, 0.05) is 12.1 Å². The largest absolute Gasteiger partial charge is 0.490 e. The zero-order valence-corrected chi connectivity index (χ0v) is 14.9.